The van der Waals surface area contributed by atoms with Crippen LogP contribution in [-0.2, 0) is 28.2 Å². The molecule has 10 heteroatoms. The third kappa shape index (κ3) is 8.02. The van der Waals surface area contributed by atoms with E-state index in [1.165, 1.54) is 0 Å². The van der Waals surface area contributed by atoms with E-state index in [4.69, 9.17) is 18.6 Å². The van der Waals surface area contributed by atoms with Crippen LogP contribution in [0.3, 0.4) is 0 Å². The molecule has 2 fully saturated rings. The fourth-order valence-corrected chi connectivity index (χ4v) is 5.42. The van der Waals surface area contributed by atoms with Gasteiger partial charge in [-0.15, -0.1) is 0 Å². The van der Waals surface area contributed by atoms with Crippen LogP contribution in [-0.4, -0.2) is 62.6 Å². The Morgan fingerprint density at radius 3 is 1.20 bits per heavy atom. The minimum atomic E-state index is -0.461. The third-order valence-corrected chi connectivity index (χ3v) is 10.1. The molecule has 2 aromatic rings. The van der Waals surface area contributed by atoms with Crippen molar-refractivity contribution < 1.29 is 28.2 Å². The summed E-state index contributed by atoms with van der Waals surface area (Å²) in [4.78, 5) is 29.3. The van der Waals surface area contributed by atoms with E-state index in [9.17, 15) is 9.59 Å². The lowest BCUT2D eigenvalue weighted by Crippen LogP contribution is -2.41. The highest BCUT2D eigenvalue weighted by Crippen LogP contribution is 2.37. The van der Waals surface area contributed by atoms with Crippen LogP contribution < -0.4 is 20.7 Å². The Balaban J connectivity index is 1.16. The summed E-state index contributed by atoms with van der Waals surface area (Å²) in [6.45, 7) is 16.3. The van der Waals surface area contributed by atoms with Gasteiger partial charge < -0.3 is 28.4 Å². The number of carbonyl (C=O) groups excluding carboxylic acids is 2. The second-order valence-corrected chi connectivity index (χ2v) is 14.5. The van der Waals surface area contributed by atoms with Gasteiger partial charge in [-0.1, -0.05) is 43.5 Å². The molecule has 244 valence electrons. The summed E-state index contributed by atoms with van der Waals surface area (Å²) in [5.41, 5.74) is 1.81. The zero-order chi connectivity index (χ0) is 33.2. The molecule has 2 aliphatic rings. The summed E-state index contributed by atoms with van der Waals surface area (Å²) in [5.74, 6) is 0.168. The molecule has 8 nitrogen and oxygen atoms in total. The maximum absolute atomic E-state index is 12.9. The Hall–Kier alpha value is -2.65. The standard InChI is InChI=1S/C35H52B2N2O6/c1-32(2)33(3,4)43-36(42-32)26-18-16-20-28(24-26)38(9)30(40)22-14-12-11-13-15-23-31(41)39(10)29-21-17-19-27(25-29)37-44-34(5,6)35(7,8)45-37/h16-21,24-25H,11-15,22-23H2,1-10H3. The van der Waals surface area contributed by atoms with Gasteiger partial charge in [0.25, 0.3) is 0 Å². The predicted octanol–water partition coefficient (Wildman–Crippen LogP) is 5.64. The molecule has 2 amide bonds. The van der Waals surface area contributed by atoms with Crippen molar-refractivity contribution >= 4 is 48.4 Å². The fourth-order valence-electron chi connectivity index (χ4n) is 5.42. The first-order chi connectivity index (χ1) is 20.9. The molecule has 0 bridgehead atoms. The normalized spacial score (nSPS) is 19.5. The minimum absolute atomic E-state index is 0.0839. The number of benzene rings is 2. The third-order valence-electron chi connectivity index (χ3n) is 10.1. The van der Waals surface area contributed by atoms with Crippen molar-refractivity contribution in [2.24, 2.45) is 0 Å². The van der Waals surface area contributed by atoms with Crippen molar-refractivity contribution in [2.45, 2.75) is 123 Å². The first kappa shape index (κ1) is 35.2. The van der Waals surface area contributed by atoms with Gasteiger partial charge in [0.15, 0.2) is 0 Å². The van der Waals surface area contributed by atoms with E-state index in [-0.39, 0.29) is 11.8 Å². The lowest BCUT2D eigenvalue weighted by molar-refractivity contribution is -0.119. The van der Waals surface area contributed by atoms with Gasteiger partial charge in [-0.05, 0) is 103 Å². The van der Waals surface area contributed by atoms with Gasteiger partial charge in [-0.25, -0.2) is 0 Å². The monoisotopic (exact) mass is 618 g/mol. The van der Waals surface area contributed by atoms with Crippen molar-refractivity contribution in [3.8, 4) is 0 Å². The highest BCUT2D eigenvalue weighted by molar-refractivity contribution is 6.62. The SMILES string of the molecule is CN(C(=O)CCCCCCCC(=O)N(C)c1cccc(B2OC(C)(C)C(C)(C)O2)c1)c1cccc(B2OC(C)(C)C(C)(C)O2)c1. The summed E-state index contributed by atoms with van der Waals surface area (Å²) in [6.07, 6.45) is 5.50. The van der Waals surface area contributed by atoms with E-state index < -0.39 is 36.6 Å². The maximum atomic E-state index is 12.9. The van der Waals surface area contributed by atoms with Crippen LogP contribution >= 0.6 is 0 Å². The van der Waals surface area contributed by atoms with Crippen molar-refractivity contribution in [1.29, 1.82) is 0 Å². The Kier molecular flexibility index (Phi) is 10.6. The number of amides is 2. The van der Waals surface area contributed by atoms with E-state index in [1.54, 1.807) is 9.80 Å². The number of hydrogen-bond donors (Lipinski definition) is 0. The Morgan fingerprint density at radius 1 is 0.556 bits per heavy atom. The number of carbonyl (C=O) groups is 2. The van der Waals surface area contributed by atoms with Gasteiger partial charge in [0.2, 0.25) is 11.8 Å². The average Bonchev–Trinajstić information content (AvgIpc) is 3.35. The Labute approximate surface area is 271 Å². The van der Waals surface area contributed by atoms with Crippen LogP contribution in [0.25, 0.3) is 0 Å². The van der Waals surface area contributed by atoms with Gasteiger partial charge in [0, 0.05) is 38.3 Å². The largest absolute Gasteiger partial charge is 0.494 e. The highest BCUT2D eigenvalue weighted by Gasteiger charge is 2.52. The molecule has 2 aliphatic heterocycles. The molecule has 45 heavy (non-hydrogen) atoms. The molecule has 0 N–H and O–H groups in total. The van der Waals surface area contributed by atoms with Crippen LogP contribution in [0.2, 0.25) is 0 Å². The minimum Gasteiger partial charge on any atom is -0.399 e. The molecule has 0 atom stereocenters. The van der Waals surface area contributed by atoms with E-state index in [1.807, 2.05) is 118 Å². The quantitative estimate of drug-likeness (QED) is 0.227. The molecule has 4 rings (SSSR count). The average molecular weight is 618 g/mol. The number of unbranched alkanes of at least 4 members (excludes halogenated alkanes) is 4. The molecule has 2 aromatic carbocycles. The van der Waals surface area contributed by atoms with Crippen LogP contribution in [0.4, 0.5) is 11.4 Å². The van der Waals surface area contributed by atoms with Crippen LogP contribution in [0.1, 0.15) is 100 Å². The molecule has 0 aliphatic carbocycles. The Morgan fingerprint density at radius 2 is 0.867 bits per heavy atom. The smallest absolute Gasteiger partial charge is 0.399 e. The van der Waals surface area contributed by atoms with Crippen molar-refractivity contribution in [1.82, 2.24) is 0 Å². The molecule has 0 saturated carbocycles. The topological polar surface area (TPSA) is 77.5 Å². The van der Waals surface area contributed by atoms with Crippen LogP contribution in [0.15, 0.2) is 48.5 Å². The van der Waals surface area contributed by atoms with E-state index in [2.05, 4.69) is 0 Å². The molecule has 0 unspecified atom stereocenters. The molecular formula is C35H52B2N2O6. The van der Waals surface area contributed by atoms with E-state index in [0.717, 1.165) is 54.4 Å². The predicted molar refractivity (Wildman–Crippen MR) is 183 cm³/mol. The van der Waals surface area contributed by atoms with Crippen molar-refractivity contribution in [2.75, 3.05) is 23.9 Å². The first-order valence-electron chi connectivity index (χ1n) is 16.4. The second-order valence-electron chi connectivity index (χ2n) is 14.5. The summed E-state index contributed by atoms with van der Waals surface area (Å²) in [7, 11) is 2.71. The van der Waals surface area contributed by atoms with Crippen LogP contribution in [0, 0.1) is 0 Å². The van der Waals surface area contributed by atoms with Gasteiger partial charge in [-0.3, -0.25) is 9.59 Å². The van der Waals surface area contributed by atoms with Gasteiger partial charge in [0.1, 0.15) is 0 Å². The Bertz CT molecular complexity index is 1230. The van der Waals surface area contributed by atoms with Crippen molar-refractivity contribution in [3.63, 3.8) is 0 Å². The fraction of sp³-hybridized carbons (Fsp3) is 0.600. The number of rotatable bonds is 12. The van der Waals surface area contributed by atoms with Gasteiger partial charge >= 0.3 is 14.2 Å². The van der Waals surface area contributed by atoms with Crippen molar-refractivity contribution in [3.05, 3.63) is 48.5 Å². The molecule has 0 radical (unpaired) electrons. The number of anilines is 2. The van der Waals surface area contributed by atoms with Crippen LogP contribution in [0.5, 0.6) is 0 Å². The zero-order valence-electron chi connectivity index (χ0n) is 29.1. The van der Waals surface area contributed by atoms with Gasteiger partial charge in [-0.2, -0.15) is 0 Å². The number of nitrogens with zero attached hydrogens (tertiary/aromatic N) is 2. The molecule has 0 spiro atoms. The first-order valence-corrected chi connectivity index (χ1v) is 16.4. The van der Waals surface area contributed by atoms with Gasteiger partial charge in [0.05, 0.1) is 22.4 Å². The highest BCUT2D eigenvalue weighted by atomic mass is 16.7. The lowest BCUT2D eigenvalue weighted by atomic mass is 9.79. The zero-order valence-corrected chi connectivity index (χ0v) is 29.1. The molecular weight excluding hydrogens is 566 g/mol. The summed E-state index contributed by atoms with van der Waals surface area (Å²) in [6, 6.07) is 15.7. The lowest BCUT2D eigenvalue weighted by Gasteiger charge is -2.32. The molecule has 2 heterocycles. The summed E-state index contributed by atoms with van der Waals surface area (Å²) in [5, 5.41) is 0. The summed E-state index contributed by atoms with van der Waals surface area (Å²) < 4.78 is 24.7. The second kappa shape index (κ2) is 13.6. The van der Waals surface area contributed by atoms with E-state index in [0.29, 0.717) is 12.8 Å². The number of hydrogen-bond acceptors (Lipinski definition) is 6. The molecule has 2 saturated heterocycles. The summed E-state index contributed by atoms with van der Waals surface area (Å²) >= 11 is 0. The molecule has 0 aromatic heterocycles. The van der Waals surface area contributed by atoms with E-state index >= 15 is 0 Å². The maximum Gasteiger partial charge on any atom is 0.494 e.